The highest BCUT2D eigenvalue weighted by molar-refractivity contribution is 6.09. The van der Waals surface area contributed by atoms with Crippen LogP contribution in [0.15, 0.2) is 48.0 Å². The molecule has 3 nitrogen and oxygen atoms in total. The number of amides is 1. The van der Waals surface area contributed by atoms with Gasteiger partial charge in [0, 0.05) is 5.69 Å². The summed E-state index contributed by atoms with van der Waals surface area (Å²) in [6.45, 7) is 8.19. The van der Waals surface area contributed by atoms with Crippen molar-refractivity contribution in [3.05, 3.63) is 70.3 Å². The smallest absolute Gasteiger partial charge is 0.266 e. The van der Waals surface area contributed by atoms with E-state index in [0.29, 0.717) is 5.92 Å². The summed E-state index contributed by atoms with van der Waals surface area (Å²) in [5.41, 5.74) is 4.99. The normalized spacial score (nSPS) is 11.2. The van der Waals surface area contributed by atoms with Crippen LogP contribution >= 0.6 is 0 Å². The molecule has 1 N–H and O–H groups in total. The average molecular weight is 318 g/mol. The summed E-state index contributed by atoms with van der Waals surface area (Å²) < 4.78 is 0. The lowest BCUT2D eigenvalue weighted by molar-refractivity contribution is -0.112. The Balaban J connectivity index is 2.20. The van der Waals surface area contributed by atoms with E-state index >= 15 is 0 Å². The second-order valence-corrected chi connectivity index (χ2v) is 6.26. The molecule has 2 aromatic carbocycles. The topological polar surface area (TPSA) is 52.9 Å². The molecule has 2 rings (SSSR count). The molecule has 2 aromatic rings. The summed E-state index contributed by atoms with van der Waals surface area (Å²) in [4.78, 5) is 12.4. The molecule has 1 amide bonds. The molecule has 0 atom stereocenters. The first kappa shape index (κ1) is 17.5. The van der Waals surface area contributed by atoms with Crippen LogP contribution in [0, 0.1) is 25.2 Å². The quantitative estimate of drug-likeness (QED) is 0.639. The van der Waals surface area contributed by atoms with Gasteiger partial charge in [-0.15, -0.1) is 0 Å². The summed E-state index contributed by atoms with van der Waals surface area (Å²) in [7, 11) is 0. The fraction of sp³-hybridized carbons (Fsp3) is 0.238. The zero-order valence-corrected chi connectivity index (χ0v) is 14.6. The van der Waals surface area contributed by atoms with Gasteiger partial charge in [0.15, 0.2) is 0 Å². The molecule has 0 fully saturated rings. The summed E-state index contributed by atoms with van der Waals surface area (Å²) in [5.74, 6) is 0.0590. The monoisotopic (exact) mass is 318 g/mol. The first-order valence-electron chi connectivity index (χ1n) is 8.01. The average Bonchev–Trinajstić information content (AvgIpc) is 2.55. The third-order valence-corrected chi connectivity index (χ3v) is 3.91. The number of nitrogens with one attached hydrogen (secondary N) is 1. The largest absolute Gasteiger partial charge is 0.321 e. The highest BCUT2D eigenvalue weighted by Gasteiger charge is 2.11. The fourth-order valence-corrected chi connectivity index (χ4v) is 2.44. The molecule has 0 aliphatic rings. The number of hydrogen-bond acceptors (Lipinski definition) is 2. The number of hydrogen-bond donors (Lipinski definition) is 1. The van der Waals surface area contributed by atoms with E-state index in [0.717, 1.165) is 22.4 Å². The van der Waals surface area contributed by atoms with Crippen molar-refractivity contribution >= 4 is 17.7 Å². The number of anilines is 1. The number of nitrogens with zero attached hydrogens (tertiary/aromatic N) is 1. The minimum absolute atomic E-state index is 0.0901. The molecule has 0 radical (unpaired) electrons. The molecule has 0 aliphatic heterocycles. The van der Waals surface area contributed by atoms with Crippen LogP contribution in [0.25, 0.3) is 6.08 Å². The van der Waals surface area contributed by atoms with Gasteiger partial charge in [0.2, 0.25) is 0 Å². The third kappa shape index (κ3) is 4.33. The summed E-state index contributed by atoms with van der Waals surface area (Å²) >= 11 is 0. The number of nitriles is 1. The first-order valence-corrected chi connectivity index (χ1v) is 8.01. The Labute approximate surface area is 143 Å². The van der Waals surface area contributed by atoms with Crippen LogP contribution in [0.1, 0.15) is 42.0 Å². The van der Waals surface area contributed by atoms with Gasteiger partial charge in [-0.25, -0.2) is 0 Å². The number of carbonyl (C=O) groups excluding carboxylic acids is 1. The van der Waals surface area contributed by atoms with E-state index in [1.165, 1.54) is 5.56 Å². The summed E-state index contributed by atoms with van der Waals surface area (Å²) in [5, 5.41) is 12.1. The Morgan fingerprint density at radius 1 is 1.12 bits per heavy atom. The van der Waals surface area contributed by atoms with E-state index in [-0.39, 0.29) is 5.57 Å². The minimum atomic E-state index is -0.391. The van der Waals surface area contributed by atoms with E-state index in [4.69, 9.17) is 0 Å². The van der Waals surface area contributed by atoms with Crippen LogP contribution in [0.2, 0.25) is 0 Å². The van der Waals surface area contributed by atoms with Gasteiger partial charge in [0.25, 0.3) is 5.91 Å². The lowest BCUT2D eigenvalue weighted by Gasteiger charge is -2.09. The van der Waals surface area contributed by atoms with Crippen molar-refractivity contribution in [2.24, 2.45) is 0 Å². The van der Waals surface area contributed by atoms with Gasteiger partial charge in [0.1, 0.15) is 11.6 Å². The molecule has 3 heteroatoms. The molecule has 0 aliphatic carbocycles. The Morgan fingerprint density at radius 3 is 2.33 bits per heavy atom. The van der Waals surface area contributed by atoms with E-state index in [1.54, 1.807) is 6.08 Å². The maximum absolute atomic E-state index is 12.4. The highest BCUT2D eigenvalue weighted by Crippen LogP contribution is 2.19. The summed E-state index contributed by atoms with van der Waals surface area (Å²) in [6, 6.07) is 15.7. The van der Waals surface area contributed by atoms with Crippen LogP contribution in [0.5, 0.6) is 0 Å². The van der Waals surface area contributed by atoms with E-state index in [1.807, 2.05) is 62.4 Å². The van der Waals surface area contributed by atoms with Crippen molar-refractivity contribution in [3.63, 3.8) is 0 Å². The lowest BCUT2D eigenvalue weighted by Crippen LogP contribution is -2.14. The van der Waals surface area contributed by atoms with Crippen molar-refractivity contribution in [1.29, 1.82) is 5.26 Å². The van der Waals surface area contributed by atoms with Crippen LogP contribution in [0.3, 0.4) is 0 Å². The molecule has 0 aromatic heterocycles. The third-order valence-electron chi connectivity index (χ3n) is 3.91. The predicted molar refractivity (Wildman–Crippen MR) is 98.7 cm³/mol. The minimum Gasteiger partial charge on any atom is -0.321 e. The molecule has 0 spiro atoms. The second-order valence-electron chi connectivity index (χ2n) is 6.26. The molecule has 122 valence electrons. The molecule has 24 heavy (non-hydrogen) atoms. The van der Waals surface area contributed by atoms with Gasteiger partial charge in [0.05, 0.1) is 0 Å². The zero-order valence-electron chi connectivity index (χ0n) is 14.6. The molecular weight excluding hydrogens is 296 g/mol. The molecule has 0 saturated heterocycles. The van der Waals surface area contributed by atoms with E-state index in [2.05, 4.69) is 19.2 Å². The Kier molecular flexibility index (Phi) is 5.55. The van der Waals surface area contributed by atoms with Crippen molar-refractivity contribution in [1.82, 2.24) is 0 Å². The second kappa shape index (κ2) is 7.61. The molecule has 0 bridgehead atoms. The Hall–Kier alpha value is -2.86. The SMILES string of the molecule is Cc1ccc(NC(=O)/C(C#N)=C\c2ccc(C(C)C)cc2)c(C)c1. The fourth-order valence-electron chi connectivity index (χ4n) is 2.44. The number of carbonyl (C=O) groups is 1. The predicted octanol–water partition coefficient (Wildman–Crippen LogP) is 4.97. The van der Waals surface area contributed by atoms with E-state index in [9.17, 15) is 10.1 Å². The van der Waals surface area contributed by atoms with Crippen molar-refractivity contribution in [2.45, 2.75) is 33.6 Å². The van der Waals surface area contributed by atoms with Crippen LogP contribution in [0.4, 0.5) is 5.69 Å². The number of aryl methyl sites for hydroxylation is 2. The Bertz CT molecular complexity index is 809. The maximum atomic E-state index is 12.4. The van der Waals surface area contributed by atoms with E-state index < -0.39 is 5.91 Å². The summed E-state index contributed by atoms with van der Waals surface area (Å²) in [6.07, 6.45) is 1.61. The van der Waals surface area contributed by atoms with Gasteiger partial charge in [-0.3, -0.25) is 4.79 Å². The maximum Gasteiger partial charge on any atom is 0.266 e. The van der Waals surface area contributed by atoms with Gasteiger partial charge < -0.3 is 5.32 Å². The molecule has 0 saturated carbocycles. The van der Waals surface area contributed by atoms with Gasteiger partial charge in [-0.2, -0.15) is 5.26 Å². The van der Waals surface area contributed by atoms with Gasteiger partial charge in [-0.05, 0) is 48.6 Å². The Morgan fingerprint density at radius 2 is 1.79 bits per heavy atom. The molecule has 0 heterocycles. The van der Waals surface area contributed by atoms with Gasteiger partial charge in [-0.1, -0.05) is 55.8 Å². The molecule has 0 unspecified atom stereocenters. The zero-order chi connectivity index (χ0) is 17.7. The van der Waals surface area contributed by atoms with Crippen LogP contribution in [-0.4, -0.2) is 5.91 Å². The van der Waals surface area contributed by atoms with Crippen molar-refractivity contribution in [3.8, 4) is 6.07 Å². The van der Waals surface area contributed by atoms with Crippen LogP contribution in [-0.2, 0) is 4.79 Å². The molecular formula is C21H22N2O. The van der Waals surface area contributed by atoms with Crippen LogP contribution < -0.4 is 5.32 Å². The standard InChI is InChI=1S/C21H22N2O/c1-14(2)18-8-6-17(7-9-18)12-19(13-22)21(24)23-20-10-5-15(3)11-16(20)4/h5-12,14H,1-4H3,(H,23,24)/b19-12-. The number of rotatable bonds is 4. The van der Waals surface area contributed by atoms with Crippen molar-refractivity contribution in [2.75, 3.05) is 5.32 Å². The van der Waals surface area contributed by atoms with Gasteiger partial charge >= 0.3 is 0 Å². The number of benzene rings is 2. The van der Waals surface area contributed by atoms with Crippen molar-refractivity contribution < 1.29 is 4.79 Å². The lowest BCUT2D eigenvalue weighted by atomic mass is 10.0. The first-order chi connectivity index (χ1) is 11.4. The highest BCUT2D eigenvalue weighted by atomic mass is 16.1.